The van der Waals surface area contributed by atoms with E-state index >= 15 is 0 Å². The van der Waals surface area contributed by atoms with Gasteiger partial charge in [-0.1, -0.05) is 31.2 Å². The highest BCUT2D eigenvalue weighted by Crippen LogP contribution is 2.29. The molecule has 0 unspecified atom stereocenters. The van der Waals surface area contributed by atoms with E-state index in [1.807, 2.05) is 43.9 Å². The highest BCUT2D eigenvalue weighted by molar-refractivity contribution is 7.92. The van der Waals surface area contributed by atoms with Gasteiger partial charge >= 0.3 is 0 Å². The van der Waals surface area contributed by atoms with Crippen molar-refractivity contribution in [2.45, 2.75) is 33.2 Å². The minimum atomic E-state index is -3.69. The van der Waals surface area contributed by atoms with Crippen LogP contribution in [0.3, 0.4) is 0 Å². The first-order valence-electron chi connectivity index (χ1n) is 10.5. The lowest BCUT2D eigenvalue weighted by atomic mass is 10.1. The molecule has 3 rings (SSSR count). The van der Waals surface area contributed by atoms with Gasteiger partial charge in [-0.3, -0.25) is 9.10 Å². The predicted molar refractivity (Wildman–Crippen MR) is 123 cm³/mol. The Hall–Kier alpha value is -2.61. The summed E-state index contributed by atoms with van der Waals surface area (Å²) in [5.41, 5.74) is 2.78. The Balaban J connectivity index is 1.83. The highest BCUT2D eigenvalue weighted by Gasteiger charge is 2.36. The first-order chi connectivity index (χ1) is 14.6. The van der Waals surface area contributed by atoms with Crippen LogP contribution < -0.4 is 9.21 Å². The van der Waals surface area contributed by atoms with Gasteiger partial charge in [-0.05, 0) is 49.6 Å². The molecule has 1 aliphatic heterocycles. The molecule has 31 heavy (non-hydrogen) atoms. The third-order valence-corrected chi connectivity index (χ3v) is 6.86. The van der Waals surface area contributed by atoms with E-state index in [2.05, 4.69) is 0 Å². The Labute approximate surface area is 184 Å². The van der Waals surface area contributed by atoms with Gasteiger partial charge in [-0.25, -0.2) is 12.8 Å². The molecular weight excluding hydrogens is 417 g/mol. The fraction of sp³-hybridized carbons (Fsp3) is 0.435. The lowest BCUT2D eigenvalue weighted by Crippen LogP contribution is -2.56. The fourth-order valence-electron chi connectivity index (χ4n) is 4.06. The van der Waals surface area contributed by atoms with Gasteiger partial charge in [-0.2, -0.15) is 0 Å². The molecule has 1 aliphatic rings. The van der Waals surface area contributed by atoms with E-state index in [0.717, 1.165) is 17.4 Å². The number of benzene rings is 2. The second-order valence-corrected chi connectivity index (χ2v) is 9.90. The van der Waals surface area contributed by atoms with Gasteiger partial charge in [-0.15, -0.1) is 0 Å². The van der Waals surface area contributed by atoms with Crippen molar-refractivity contribution in [3.8, 4) is 0 Å². The van der Waals surface area contributed by atoms with Gasteiger partial charge in [0.05, 0.1) is 17.6 Å². The molecule has 1 amide bonds. The molecule has 0 saturated carbocycles. The largest absolute Gasteiger partial charge is 0.366 e. The average molecular weight is 448 g/mol. The molecule has 6 nitrogen and oxygen atoms in total. The highest BCUT2D eigenvalue weighted by atomic mass is 32.2. The molecule has 1 atom stereocenters. The van der Waals surface area contributed by atoms with Crippen molar-refractivity contribution >= 4 is 27.3 Å². The summed E-state index contributed by atoms with van der Waals surface area (Å²) in [5.74, 6) is -0.506. The van der Waals surface area contributed by atoms with Crippen LogP contribution in [0.15, 0.2) is 42.5 Å². The van der Waals surface area contributed by atoms with Crippen molar-refractivity contribution in [2.75, 3.05) is 41.6 Å². The Kier molecular flexibility index (Phi) is 6.89. The van der Waals surface area contributed by atoms with E-state index < -0.39 is 16.1 Å². The van der Waals surface area contributed by atoms with Crippen LogP contribution in [0.25, 0.3) is 0 Å². The van der Waals surface area contributed by atoms with Crippen molar-refractivity contribution < 1.29 is 17.6 Å². The maximum Gasteiger partial charge on any atom is 0.246 e. The molecule has 0 aliphatic carbocycles. The normalized spacial score (nSPS) is 15.6. The van der Waals surface area contributed by atoms with E-state index in [0.29, 0.717) is 44.0 Å². The van der Waals surface area contributed by atoms with Crippen LogP contribution in [0.1, 0.15) is 24.5 Å². The number of hydrogen-bond donors (Lipinski definition) is 0. The zero-order chi connectivity index (χ0) is 22.8. The number of carbonyl (C=O) groups is 1. The summed E-state index contributed by atoms with van der Waals surface area (Å²) < 4.78 is 40.9. The minimum absolute atomic E-state index is 0.220. The third kappa shape index (κ3) is 5.01. The zero-order valence-electron chi connectivity index (χ0n) is 18.5. The molecule has 8 heteroatoms. The Morgan fingerprint density at radius 3 is 2.32 bits per heavy atom. The number of nitrogens with zero attached hydrogens (tertiary/aromatic N) is 3. The number of amides is 1. The second-order valence-electron chi connectivity index (χ2n) is 8.04. The number of carbonyl (C=O) groups excluding carboxylic acids is 1. The summed E-state index contributed by atoms with van der Waals surface area (Å²) in [6, 6.07) is 11.4. The number of anilines is 2. The lowest BCUT2D eigenvalue weighted by Gasteiger charge is -2.40. The van der Waals surface area contributed by atoms with Crippen molar-refractivity contribution in [1.82, 2.24) is 4.90 Å². The summed E-state index contributed by atoms with van der Waals surface area (Å²) in [4.78, 5) is 17.0. The zero-order valence-corrected chi connectivity index (χ0v) is 19.3. The lowest BCUT2D eigenvalue weighted by molar-refractivity contribution is -0.132. The number of hydrogen-bond acceptors (Lipinski definition) is 4. The van der Waals surface area contributed by atoms with Crippen molar-refractivity contribution in [2.24, 2.45) is 0 Å². The van der Waals surface area contributed by atoms with Gasteiger partial charge < -0.3 is 9.80 Å². The molecule has 0 bridgehead atoms. The maximum absolute atomic E-state index is 14.1. The quantitative estimate of drug-likeness (QED) is 0.682. The minimum Gasteiger partial charge on any atom is -0.366 e. The Morgan fingerprint density at radius 1 is 1.10 bits per heavy atom. The number of rotatable bonds is 6. The number of aryl methyl sites for hydroxylation is 2. The van der Waals surface area contributed by atoms with E-state index in [1.165, 1.54) is 10.4 Å². The average Bonchev–Trinajstić information content (AvgIpc) is 2.73. The molecule has 1 saturated heterocycles. The molecule has 1 heterocycles. The standard InChI is InChI=1S/C23H30FN3O3S/c1-5-20(27(31(4,29)30)22-16-17(2)10-11-18(22)3)23(28)26-14-12-25(13-15-26)21-9-7-6-8-19(21)24/h6-11,16,20H,5,12-15H2,1-4H3/t20-/m0/s1. The van der Waals surface area contributed by atoms with Crippen LogP contribution >= 0.6 is 0 Å². The summed E-state index contributed by atoms with van der Waals surface area (Å²) in [7, 11) is -3.69. The SMILES string of the molecule is CC[C@@H](C(=O)N1CCN(c2ccccc2F)CC1)N(c1cc(C)ccc1C)S(C)(=O)=O. The van der Waals surface area contributed by atoms with Crippen LogP contribution in [0.2, 0.25) is 0 Å². The van der Waals surface area contributed by atoms with Gasteiger partial charge in [0.2, 0.25) is 15.9 Å². The fourth-order valence-corrected chi connectivity index (χ4v) is 5.32. The van der Waals surface area contributed by atoms with Crippen LogP contribution in [0.4, 0.5) is 15.8 Å². The summed E-state index contributed by atoms with van der Waals surface area (Å²) in [6.45, 7) is 7.37. The summed E-state index contributed by atoms with van der Waals surface area (Å²) in [6.07, 6.45) is 1.49. The van der Waals surface area contributed by atoms with Crippen LogP contribution in [0.5, 0.6) is 0 Å². The maximum atomic E-state index is 14.1. The summed E-state index contributed by atoms with van der Waals surface area (Å²) >= 11 is 0. The molecule has 0 spiro atoms. The van der Waals surface area contributed by atoms with Crippen molar-refractivity contribution in [3.05, 3.63) is 59.4 Å². The molecule has 2 aromatic carbocycles. The Bertz CT molecular complexity index is 1050. The van der Waals surface area contributed by atoms with Gasteiger partial charge in [0.25, 0.3) is 0 Å². The topological polar surface area (TPSA) is 60.9 Å². The number of halogens is 1. The first kappa shape index (κ1) is 23.1. The Morgan fingerprint density at radius 2 is 1.74 bits per heavy atom. The number of piperazine rings is 1. The van der Waals surface area contributed by atoms with Crippen LogP contribution in [-0.4, -0.2) is 57.7 Å². The van der Waals surface area contributed by atoms with Crippen molar-refractivity contribution in [3.63, 3.8) is 0 Å². The van der Waals surface area contributed by atoms with Crippen LogP contribution in [0, 0.1) is 19.7 Å². The third-order valence-electron chi connectivity index (χ3n) is 5.70. The van der Waals surface area contributed by atoms with E-state index in [4.69, 9.17) is 0 Å². The molecule has 0 aromatic heterocycles. The molecular formula is C23H30FN3O3S. The molecule has 168 valence electrons. The monoisotopic (exact) mass is 447 g/mol. The first-order valence-corrected chi connectivity index (χ1v) is 12.3. The van der Waals surface area contributed by atoms with Gasteiger partial charge in [0.1, 0.15) is 11.9 Å². The smallest absolute Gasteiger partial charge is 0.246 e. The van der Waals surface area contributed by atoms with Crippen molar-refractivity contribution in [1.29, 1.82) is 0 Å². The molecule has 2 aromatic rings. The van der Waals surface area contributed by atoms with Crippen LogP contribution in [-0.2, 0) is 14.8 Å². The summed E-state index contributed by atoms with van der Waals surface area (Å²) in [5, 5.41) is 0. The van der Waals surface area contributed by atoms with E-state index in [9.17, 15) is 17.6 Å². The number of para-hydroxylation sites is 1. The molecule has 0 N–H and O–H groups in total. The molecule has 1 fully saturated rings. The van der Waals surface area contributed by atoms with E-state index in [1.54, 1.807) is 23.1 Å². The van der Waals surface area contributed by atoms with E-state index in [-0.39, 0.29) is 11.7 Å². The number of sulfonamides is 1. The molecule has 0 radical (unpaired) electrons. The van der Waals surface area contributed by atoms with Gasteiger partial charge in [0.15, 0.2) is 0 Å². The van der Waals surface area contributed by atoms with Gasteiger partial charge in [0, 0.05) is 26.2 Å². The second kappa shape index (κ2) is 9.26. The predicted octanol–water partition coefficient (Wildman–Crippen LogP) is 3.34.